The third-order valence-corrected chi connectivity index (χ3v) is 18.6. The summed E-state index contributed by atoms with van der Waals surface area (Å²) in [5, 5.41) is 0. The molecule has 2 unspecified atom stereocenters. The normalized spacial score (nSPS) is 13.5. The van der Waals surface area contributed by atoms with Crippen LogP contribution < -0.4 is 4.89 Å². The average molecular weight is 1320 g/mol. The number of esters is 2. The van der Waals surface area contributed by atoms with Gasteiger partial charge < -0.3 is 27.9 Å². The van der Waals surface area contributed by atoms with E-state index in [1.165, 1.54) is 263 Å². The molecule has 0 bridgehead atoms. The number of unbranched alkanes of at least 4 members (excludes halogenated alkanes) is 46. The lowest BCUT2D eigenvalue weighted by molar-refractivity contribution is -0.870. The van der Waals surface area contributed by atoms with Gasteiger partial charge in [0.15, 0.2) is 6.10 Å². The second-order valence-electron chi connectivity index (χ2n) is 28.1. The van der Waals surface area contributed by atoms with Crippen LogP contribution in [0.4, 0.5) is 0 Å². The number of hydrogen-bond donors (Lipinski definition) is 0. The molecular weight excluding hydrogens is 1170 g/mol. The predicted molar refractivity (Wildman–Crippen MR) is 402 cm³/mol. The standard InChI is InChI=1S/C83H152NO8P/c1-6-8-10-12-14-16-18-20-22-24-26-28-30-32-34-36-38-40-41-42-43-44-46-48-50-52-54-56-58-60-62-64-66-68-70-72-74-76-83(86)92-81(80-91-93(87,88)90-78-77-84(3,4)5)79-89-82(85)75-73-71-69-67-65-63-61-59-57-55-53-51-49-47-45-39-37-35-33-31-29-27-25-23-21-19-17-15-13-11-9-7-2/h8,10,14,16,20,22,26,28,32,34,38,40,42-43,81H,6-7,9,11-13,15,17-19,21,23-25,27,29-31,33,35-37,39,41,44-80H2,1-5H3/b10-8-,16-14-,22-20-,28-26-,34-32-,40-38-,43-42-. The predicted octanol–water partition coefficient (Wildman–Crippen LogP) is 25.8. The number of rotatable bonds is 74. The molecule has 2 atom stereocenters. The summed E-state index contributed by atoms with van der Waals surface area (Å²) >= 11 is 0. The van der Waals surface area contributed by atoms with Crippen LogP contribution in [0.2, 0.25) is 0 Å². The van der Waals surface area contributed by atoms with Gasteiger partial charge in [0.2, 0.25) is 0 Å². The number of carbonyl (C=O) groups is 2. The highest BCUT2D eigenvalue weighted by molar-refractivity contribution is 7.45. The van der Waals surface area contributed by atoms with Gasteiger partial charge >= 0.3 is 11.9 Å². The van der Waals surface area contributed by atoms with Crippen LogP contribution in [-0.4, -0.2) is 70.0 Å². The first-order chi connectivity index (χ1) is 45.5. The van der Waals surface area contributed by atoms with Crippen molar-refractivity contribution in [3.8, 4) is 0 Å². The average Bonchev–Trinajstić information content (AvgIpc) is 2.27. The zero-order chi connectivity index (χ0) is 67.6. The Labute approximate surface area is 577 Å². The van der Waals surface area contributed by atoms with Crippen molar-refractivity contribution >= 4 is 19.8 Å². The number of phosphoric ester groups is 1. The zero-order valence-electron chi connectivity index (χ0n) is 62.0. The van der Waals surface area contributed by atoms with Crippen LogP contribution in [0.25, 0.3) is 0 Å². The fourth-order valence-electron chi connectivity index (χ4n) is 11.6. The summed E-state index contributed by atoms with van der Waals surface area (Å²) in [6, 6.07) is 0. The summed E-state index contributed by atoms with van der Waals surface area (Å²) in [7, 11) is 1.18. The summed E-state index contributed by atoms with van der Waals surface area (Å²) in [4.78, 5) is 38.2. The fraction of sp³-hybridized carbons (Fsp3) is 0.807. The Morgan fingerprint density at radius 2 is 0.613 bits per heavy atom. The number of carbonyl (C=O) groups excluding carboxylic acids is 2. The summed E-state index contributed by atoms with van der Waals surface area (Å²) in [5.74, 6) is -0.816. The maximum Gasteiger partial charge on any atom is 0.306 e. The maximum absolute atomic E-state index is 12.9. The SMILES string of the molecule is CC/C=C\C/C=C\C/C=C\C/C=C\C/C=C\C/C=C\C/C=C\CCCCCCCCCCCCCCCCCC(=O)OC(COC(=O)CCCCCCCCCCCCCCCCCCCCCCCCCCCCCCCCCC)COP(=O)([O-])OCC[N+](C)(C)C. The van der Waals surface area contributed by atoms with E-state index in [9.17, 15) is 19.0 Å². The van der Waals surface area contributed by atoms with E-state index >= 15 is 0 Å². The molecule has 542 valence electrons. The van der Waals surface area contributed by atoms with E-state index in [0.717, 1.165) is 83.5 Å². The van der Waals surface area contributed by atoms with Crippen molar-refractivity contribution in [2.45, 2.75) is 386 Å². The van der Waals surface area contributed by atoms with Gasteiger partial charge in [-0.1, -0.05) is 381 Å². The molecule has 0 fully saturated rings. The highest BCUT2D eigenvalue weighted by Gasteiger charge is 2.22. The molecule has 10 heteroatoms. The summed E-state index contributed by atoms with van der Waals surface area (Å²) in [6.07, 6.45) is 101. The Balaban J connectivity index is 3.96. The highest BCUT2D eigenvalue weighted by atomic mass is 31.2. The van der Waals surface area contributed by atoms with Gasteiger partial charge in [-0.15, -0.1) is 0 Å². The molecular formula is C83H152NO8P. The van der Waals surface area contributed by atoms with Crippen LogP contribution in [0.3, 0.4) is 0 Å². The number of quaternary nitrogens is 1. The molecule has 0 aliphatic carbocycles. The molecule has 0 aliphatic heterocycles. The van der Waals surface area contributed by atoms with Crippen LogP contribution >= 0.6 is 7.82 Å². The van der Waals surface area contributed by atoms with Crippen LogP contribution in [0.1, 0.15) is 380 Å². The van der Waals surface area contributed by atoms with Crippen molar-refractivity contribution in [2.24, 2.45) is 0 Å². The number of ether oxygens (including phenoxy) is 2. The lowest BCUT2D eigenvalue weighted by Crippen LogP contribution is -2.37. The number of nitrogens with zero attached hydrogens (tertiary/aromatic N) is 1. The summed E-state index contributed by atoms with van der Waals surface area (Å²) in [6.45, 7) is 4.19. The molecule has 0 rings (SSSR count). The molecule has 93 heavy (non-hydrogen) atoms. The molecule has 0 aromatic heterocycles. The van der Waals surface area contributed by atoms with Gasteiger partial charge in [-0.2, -0.15) is 0 Å². The van der Waals surface area contributed by atoms with Crippen molar-refractivity contribution in [2.75, 3.05) is 47.5 Å². The van der Waals surface area contributed by atoms with Gasteiger partial charge in [0.25, 0.3) is 7.82 Å². The molecule has 0 heterocycles. The minimum atomic E-state index is -4.65. The Kier molecular flexibility index (Phi) is 71.2. The van der Waals surface area contributed by atoms with Gasteiger partial charge in [0.1, 0.15) is 19.8 Å². The minimum Gasteiger partial charge on any atom is -0.756 e. The third kappa shape index (κ3) is 78.1. The molecule has 0 aliphatic rings. The molecule has 0 aromatic carbocycles. The first-order valence-corrected chi connectivity index (χ1v) is 41.3. The highest BCUT2D eigenvalue weighted by Crippen LogP contribution is 2.38. The van der Waals surface area contributed by atoms with E-state index in [-0.39, 0.29) is 32.0 Å². The molecule has 0 saturated carbocycles. The Hall–Kier alpha value is -2.81. The number of likely N-dealkylation sites (N-methyl/N-ethyl adjacent to an activating group) is 1. The van der Waals surface area contributed by atoms with E-state index in [1.807, 2.05) is 21.1 Å². The smallest absolute Gasteiger partial charge is 0.306 e. The van der Waals surface area contributed by atoms with Crippen molar-refractivity contribution < 1.29 is 42.1 Å². The molecule has 9 nitrogen and oxygen atoms in total. The number of allylic oxidation sites excluding steroid dienone is 14. The van der Waals surface area contributed by atoms with Gasteiger partial charge in [0.05, 0.1) is 27.7 Å². The molecule has 0 radical (unpaired) electrons. The molecule has 0 N–H and O–H groups in total. The first-order valence-electron chi connectivity index (χ1n) is 39.8. The van der Waals surface area contributed by atoms with E-state index in [2.05, 4.69) is 98.9 Å². The lowest BCUT2D eigenvalue weighted by atomic mass is 10.0. The second kappa shape index (κ2) is 73.4. The van der Waals surface area contributed by atoms with E-state index < -0.39 is 26.5 Å². The van der Waals surface area contributed by atoms with Gasteiger partial charge in [-0.05, 0) is 70.6 Å². The molecule has 0 saturated heterocycles. The van der Waals surface area contributed by atoms with Crippen molar-refractivity contribution in [1.29, 1.82) is 0 Å². The Morgan fingerprint density at radius 1 is 0.344 bits per heavy atom. The number of hydrogen-bond acceptors (Lipinski definition) is 8. The third-order valence-electron chi connectivity index (χ3n) is 17.7. The van der Waals surface area contributed by atoms with Crippen molar-refractivity contribution in [1.82, 2.24) is 0 Å². The van der Waals surface area contributed by atoms with E-state index in [1.54, 1.807) is 0 Å². The summed E-state index contributed by atoms with van der Waals surface area (Å²) < 4.78 is 34.4. The largest absolute Gasteiger partial charge is 0.756 e. The van der Waals surface area contributed by atoms with Crippen molar-refractivity contribution in [3.63, 3.8) is 0 Å². The van der Waals surface area contributed by atoms with Crippen molar-refractivity contribution in [3.05, 3.63) is 85.1 Å². The minimum absolute atomic E-state index is 0.0307. The Bertz CT molecular complexity index is 1850. The zero-order valence-corrected chi connectivity index (χ0v) is 62.8. The molecule has 0 spiro atoms. The van der Waals surface area contributed by atoms with Gasteiger partial charge in [-0.3, -0.25) is 14.2 Å². The van der Waals surface area contributed by atoms with Crippen LogP contribution in [-0.2, 0) is 32.7 Å². The number of phosphoric acid groups is 1. The second-order valence-corrected chi connectivity index (χ2v) is 29.5. The topological polar surface area (TPSA) is 111 Å². The fourth-order valence-corrected chi connectivity index (χ4v) is 12.4. The van der Waals surface area contributed by atoms with E-state index in [4.69, 9.17) is 18.5 Å². The van der Waals surface area contributed by atoms with Gasteiger partial charge in [-0.25, -0.2) is 0 Å². The van der Waals surface area contributed by atoms with E-state index in [0.29, 0.717) is 17.4 Å². The van der Waals surface area contributed by atoms with Crippen LogP contribution in [0, 0.1) is 0 Å². The maximum atomic E-state index is 12.9. The first kappa shape index (κ1) is 90.2. The van der Waals surface area contributed by atoms with Gasteiger partial charge in [0, 0.05) is 12.8 Å². The monoisotopic (exact) mass is 1320 g/mol. The lowest BCUT2D eigenvalue weighted by Gasteiger charge is -2.28. The van der Waals surface area contributed by atoms with Crippen LogP contribution in [0.15, 0.2) is 85.1 Å². The van der Waals surface area contributed by atoms with Crippen LogP contribution in [0.5, 0.6) is 0 Å². The molecule has 0 aromatic rings. The molecule has 0 amide bonds. The quantitative estimate of drug-likeness (QED) is 0.0195. The Morgan fingerprint density at radius 3 is 0.914 bits per heavy atom. The summed E-state index contributed by atoms with van der Waals surface area (Å²) in [5.41, 5.74) is 0.